The third kappa shape index (κ3) is 6.07. The van der Waals surface area contributed by atoms with Crippen LogP contribution < -0.4 is 4.74 Å². The lowest BCUT2D eigenvalue weighted by molar-refractivity contribution is -0.274. The molecule has 2 aromatic rings. The summed E-state index contributed by atoms with van der Waals surface area (Å²) in [4.78, 5) is 5.08. The molecule has 3 heterocycles. The number of hydrogen-bond donors (Lipinski definition) is 0. The number of aryl methyl sites for hydroxylation is 1. The number of nitrogens with zero attached hydrogens (tertiary/aromatic N) is 4. The molecule has 0 aliphatic carbocycles. The fourth-order valence-electron chi connectivity index (χ4n) is 5.14. The Balaban J connectivity index is 1.39. The third-order valence-corrected chi connectivity index (χ3v) is 6.80. The van der Waals surface area contributed by atoms with E-state index >= 15 is 0 Å². The number of ether oxygens (including phenoxy) is 2. The van der Waals surface area contributed by atoms with Crippen molar-refractivity contribution in [1.82, 2.24) is 19.6 Å². The van der Waals surface area contributed by atoms with E-state index in [1.54, 1.807) is 16.8 Å². The van der Waals surface area contributed by atoms with Crippen LogP contribution in [0.5, 0.6) is 5.75 Å². The van der Waals surface area contributed by atoms with Crippen molar-refractivity contribution in [3.05, 3.63) is 41.7 Å². The van der Waals surface area contributed by atoms with Crippen molar-refractivity contribution in [3.63, 3.8) is 0 Å². The van der Waals surface area contributed by atoms with Crippen LogP contribution in [0, 0.1) is 6.92 Å². The molecule has 9 heteroatoms. The van der Waals surface area contributed by atoms with E-state index in [0.29, 0.717) is 18.0 Å². The predicted molar refractivity (Wildman–Crippen MR) is 120 cm³/mol. The zero-order valence-electron chi connectivity index (χ0n) is 19.5. The van der Waals surface area contributed by atoms with Gasteiger partial charge in [0.1, 0.15) is 5.75 Å². The molecule has 2 fully saturated rings. The van der Waals surface area contributed by atoms with Crippen LogP contribution in [0.15, 0.2) is 30.3 Å². The van der Waals surface area contributed by atoms with Gasteiger partial charge in [-0.2, -0.15) is 5.10 Å². The van der Waals surface area contributed by atoms with Gasteiger partial charge in [0.15, 0.2) is 0 Å². The first kappa shape index (κ1) is 24.0. The molecule has 0 bridgehead atoms. The molecule has 2 aliphatic rings. The summed E-state index contributed by atoms with van der Waals surface area (Å²) < 4.78 is 48.5. The summed E-state index contributed by atoms with van der Waals surface area (Å²) in [6.45, 7) is 12.4. The van der Waals surface area contributed by atoms with E-state index in [0.717, 1.165) is 69.3 Å². The standard InChI is InChI=1S/C24H33F3N4O2/c1-17-14-20(15-18(2)30(17)9-8-29-10-12-32-13-11-29)23-16-19(3)31(28-23)21-4-6-22(7-5-21)33-24(25,26)27/h4-7,16-18,20H,8-15H2,1-3H3. The van der Waals surface area contributed by atoms with Gasteiger partial charge in [-0.1, -0.05) is 0 Å². The molecule has 6 nitrogen and oxygen atoms in total. The molecule has 33 heavy (non-hydrogen) atoms. The number of likely N-dealkylation sites (tertiary alicyclic amines) is 1. The molecular formula is C24H33F3N4O2. The van der Waals surface area contributed by atoms with E-state index < -0.39 is 6.36 Å². The van der Waals surface area contributed by atoms with Crippen molar-refractivity contribution in [2.24, 2.45) is 0 Å². The molecule has 2 unspecified atom stereocenters. The van der Waals surface area contributed by atoms with Gasteiger partial charge >= 0.3 is 6.36 Å². The smallest absolute Gasteiger partial charge is 0.406 e. The SMILES string of the molecule is Cc1cc(C2CC(C)N(CCN3CCOCC3)C(C)C2)nn1-c1ccc(OC(F)(F)F)cc1. The number of rotatable bonds is 6. The van der Waals surface area contributed by atoms with Crippen LogP contribution in [-0.4, -0.2) is 77.4 Å². The Morgan fingerprint density at radius 2 is 1.67 bits per heavy atom. The molecular weight excluding hydrogens is 433 g/mol. The van der Waals surface area contributed by atoms with Gasteiger partial charge < -0.3 is 9.47 Å². The van der Waals surface area contributed by atoms with Gasteiger partial charge in [0.05, 0.1) is 24.6 Å². The van der Waals surface area contributed by atoms with Gasteiger partial charge in [-0.25, -0.2) is 4.68 Å². The van der Waals surface area contributed by atoms with E-state index in [1.165, 1.54) is 12.1 Å². The van der Waals surface area contributed by atoms with E-state index in [9.17, 15) is 13.2 Å². The maximum Gasteiger partial charge on any atom is 0.573 e. The summed E-state index contributed by atoms with van der Waals surface area (Å²) in [5.41, 5.74) is 2.73. The van der Waals surface area contributed by atoms with Gasteiger partial charge in [-0.3, -0.25) is 9.80 Å². The van der Waals surface area contributed by atoms with Crippen molar-refractivity contribution < 1.29 is 22.6 Å². The second-order valence-electron chi connectivity index (χ2n) is 9.22. The van der Waals surface area contributed by atoms with Gasteiger partial charge in [0, 0.05) is 49.9 Å². The first-order valence-electron chi connectivity index (χ1n) is 11.7. The van der Waals surface area contributed by atoms with E-state index in [-0.39, 0.29) is 5.75 Å². The maximum absolute atomic E-state index is 12.4. The van der Waals surface area contributed by atoms with Crippen molar-refractivity contribution in [1.29, 1.82) is 0 Å². The quantitative estimate of drug-likeness (QED) is 0.633. The lowest BCUT2D eigenvalue weighted by atomic mass is 9.85. The number of hydrogen-bond acceptors (Lipinski definition) is 5. The van der Waals surface area contributed by atoms with Crippen molar-refractivity contribution in [2.45, 2.75) is 58.0 Å². The summed E-state index contributed by atoms with van der Waals surface area (Å²) in [6, 6.07) is 8.87. The second kappa shape index (κ2) is 10.0. The summed E-state index contributed by atoms with van der Waals surface area (Å²) in [6.07, 6.45) is -2.61. The number of alkyl halides is 3. The molecule has 182 valence electrons. The number of piperidine rings is 1. The molecule has 1 aromatic carbocycles. The van der Waals surface area contributed by atoms with E-state index in [2.05, 4.69) is 34.5 Å². The fourth-order valence-corrected chi connectivity index (χ4v) is 5.14. The molecule has 0 N–H and O–H groups in total. The van der Waals surface area contributed by atoms with E-state index in [4.69, 9.17) is 9.84 Å². The molecule has 4 rings (SSSR count). The normalized spacial score (nSPS) is 25.3. The second-order valence-corrected chi connectivity index (χ2v) is 9.22. The maximum atomic E-state index is 12.4. The molecule has 2 saturated heterocycles. The minimum absolute atomic E-state index is 0.233. The van der Waals surface area contributed by atoms with Gasteiger partial charge in [0.25, 0.3) is 0 Å². The van der Waals surface area contributed by atoms with Gasteiger partial charge in [-0.15, -0.1) is 13.2 Å². The number of morpholine rings is 1. The number of aromatic nitrogens is 2. The Kier molecular flexibility index (Phi) is 7.31. The van der Waals surface area contributed by atoms with Crippen LogP contribution in [0.2, 0.25) is 0 Å². The lowest BCUT2D eigenvalue weighted by Gasteiger charge is -2.43. The third-order valence-electron chi connectivity index (χ3n) is 6.80. The Morgan fingerprint density at radius 1 is 1.03 bits per heavy atom. The largest absolute Gasteiger partial charge is 0.573 e. The van der Waals surface area contributed by atoms with Crippen LogP contribution >= 0.6 is 0 Å². The summed E-state index contributed by atoms with van der Waals surface area (Å²) >= 11 is 0. The average molecular weight is 467 g/mol. The molecule has 2 atom stereocenters. The molecule has 1 aromatic heterocycles. The molecule has 0 amide bonds. The highest BCUT2D eigenvalue weighted by atomic mass is 19.4. The van der Waals surface area contributed by atoms with Crippen LogP contribution in [0.4, 0.5) is 13.2 Å². The van der Waals surface area contributed by atoms with Crippen LogP contribution in [-0.2, 0) is 4.74 Å². The molecule has 2 aliphatic heterocycles. The van der Waals surface area contributed by atoms with Gasteiger partial charge in [-0.05, 0) is 63.9 Å². The average Bonchev–Trinajstić information content (AvgIpc) is 3.15. The van der Waals surface area contributed by atoms with Crippen molar-refractivity contribution in [2.75, 3.05) is 39.4 Å². The lowest BCUT2D eigenvalue weighted by Crippen LogP contribution is -2.50. The predicted octanol–water partition coefficient (Wildman–Crippen LogP) is 4.37. The first-order chi connectivity index (χ1) is 15.7. The van der Waals surface area contributed by atoms with Gasteiger partial charge in [0.2, 0.25) is 0 Å². The molecule has 0 radical (unpaired) electrons. The Morgan fingerprint density at radius 3 is 2.27 bits per heavy atom. The Bertz CT molecular complexity index is 897. The highest BCUT2D eigenvalue weighted by Crippen LogP contribution is 2.35. The topological polar surface area (TPSA) is 42.8 Å². The first-order valence-corrected chi connectivity index (χ1v) is 11.7. The van der Waals surface area contributed by atoms with Crippen molar-refractivity contribution >= 4 is 0 Å². The Labute approximate surface area is 193 Å². The highest BCUT2D eigenvalue weighted by molar-refractivity contribution is 5.38. The Hall–Kier alpha value is -2.10. The number of halogens is 3. The molecule has 0 saturated carbocycles. The summed E-state index contributed by atoms with van der Waals surface area (Å²) in [5.74, 6) is 0.130. The van der Waals surface area contributed by atoms with Crippen LogP contribution in [0.3, 0.4) is 0 Å². The minimum Gasteiger partial charge on any atom is -0.406 e. The van der Waals surface area contributed by atoms with Crippen molar-refractivity contribution in [3.8, 4) is 11.4 Å². The summed E-state index contributed by atoms with van der Waals surface area (Å²) in [7, 11) is 0. The molecule has 0 spiro atoms. The van der Waals surface area contributed by atoms with Crippen LogP contribution in [0.25, 0.3) is 5.69 Å². The number of benzene rings is 1. The minimum atomic E-state index is -4.69. The van der Waals surface area contributed by atoms with Crippen LogP contribution in [0.1, 0.15) is 44.0 Å². The van der Waals surface area contributed by atoms with E-state index in [1.807, 2.05) is 6.92 Å². The summed E-state index contributed by atoms with van der Waals surface area (Å²) in [5, 5.41) is 4.83. The fraction of sp³-hybridized carbons (Fsp3) is 0.625. The zero-order valence-corrected chi connectivity index (χ0v) is 19.5. The monoisotopic (exact) mass is 466 g/mol. The zero-order chi connectivity index (χ0) is 23.6. The highest BCUT2D eigenvalue weighted by Gasteiger charge is 2.33.